The smallest absolute Gasteiger partial charge is 0.408 e. The summed E-state index contributed by atoms with van der Waals surface area (Å²) in [5.74, 6) is -0.398. The van der Waals surface area contributed by atoms with E-state index in [1.54, 1.807) is 0 Å². The molecule has 0 radical (unpaired) electrons. The minimum absolute atomic E-state index is 0.316. The monoisotopic (exact) mass is 260 g/mol. The summed E-state index contributed by atoms with van der Waals surface area (Å²) in [6, 6.07) is 6.25. The van der Waals surface area contributed by atoms with Crippen molar-refractivity contribution in [2.24, 2.45) is 5.41 Å². The second kappa shape index (κ2) is 4.44. The number of fused-ring (bicyclic) bond motifs is 1. The maximum Gasteiger partial charge on any atom is 0.417 e. The molecule has 3 rings (SSSR count). The molecule has 1 aromatic heterocycles. The van der Waals surface area contributed by atoms with Crippen LogP contribution in [0.1, 0.15) is 39.5 Å². The van der Waals surface area contributed by atoms with Crippen LogP contribution in [0.15, 0.2) is 27.4 Å². The Morgan fingerprint density at radius 3 is 3.00 bits per heavy atom. The van der Waals surface area contributed by atoms with Gasteiger partial charge in [0, 0.05) is 11.7 Å². The lowest BCUT2D eigenvalue weighted by Crippen LogP contribution is -2.38. The van der Waals surface area contributed by atoms with Crippen LogP contribution in [0.3, 0.4) is 0 Å². The summed E-state index contributed by atoms with van der Waals surface area (Å²) in [5.41, 5.74) is 2.73. The van der Waals surface area contributed by atoms with Gasteiger partial charge in [0.1, 0.15) is 0 Å². The summed E-state index contributed by atoms with van der Waals surface area (Å²) in [6.45, 7) is 4.64. The molecule has 1 aliphatic rings. The Morgan fingerprint density at radius 1 is 1.37 bits per heavy atom. The van der Waals surface area contributed by atoms with Crippen LogP contribution in [-0.2, 0) is 0 Å². The first-order valence-electron chi connectivity index (χ1n) is 6.94. The molecular weight excluding hydrogens is 240 g/mol. The fourth-order valence-electron chi connectivity index (χ4n) is 3.00. The zero-order chi connectivity index (χ0) is 13.5. The van der Waals surface area contributed by atoms with Crippen LogP contribution in [-0.4, -0.2) is 11.0 Å². The van der Waals surface area contributed by atoms with E-state index in [0.29, 0.717) is 17.0 Å². The molecule has 0 spiro atoms. The van der Waals surface area contributed by atoms with Crippen LogP contribution >= 0.6 is 0 Å². The fourth-order valence-corrected chi connectivity index (χ4v) is 3.00. The third-order valence-electron chi connectivity index (χ3n) is 4.27. The second-order valence-corrected chi connectivity index (χ2v) is 6.16. The minimum atomic E-state index is -0.398. The Kier molecular flexibility index (Phi) is 2.88. The third kappa shape index (κ3) is 2.39. The first-order chi connectivity index (χ1) is 9.04. The molecule has 19 heavy (non-hydrogen) atoms. The number of rotatable bonds is 2. The Hall–Kier alpha value is -1.71. The summed E-state index contributed by atoms with van der Waals surface area (Å²) < 4.78 is 5.01. The van der Waals surface area contributed by atoms with Gasteiger partial charge in [-0.25, -0.2) is 4.79 Å². The molecule has 0 amide bonds. The summed E-state index contributed by atoms with van der Waals surface area (Å²) in [6.07, 6.45) is 5.06. The minimum Gasteiger partial charge on any atom is -0.408 e. The molecule has 1 heterocycles. The van der Waals surface area contributed by atoms with Crippen molar-refractivity contribution in [3.63, 3.8) is 0 Å². The molecule has 4 heteroatoms. The van der Waals surface area contributed by atoms with Crippen LogP contribution in [0.4, 0.5) is 5.69 Å². The summed E-state index contributed by atoms with van der Waals surface area (Å²) in [7, 11) is 0. The molecule has 1 atom stereocenters. The molecule has 1 saturated carbocycles. The van der Waals surface area contributed by atoms with E-state index in [-0.39, 0.29) is 0 Å². The van der Waals surface area contributed by atoms with Crippen molar-refractivity contribution in [3.8, 4) is 0 Å². The zero-order valence-electron chi connectivity index (χ0n) is 11.5. The normalized spacial score (nSPS) is 22.5. The number of H-pyrrole nitrogens is 1. The SMILES string of the molecule is CC1(C)CCCCC1Nc1ccc2oc(=O)[nH]c2c1. The Labute approximate surface area is 112 Å². The van der Waals surface area contributed by atoms with Crippen molar-refractivity contribution in [3.05, 3.63) is 28.7 Å². The highest BCUT2D eigenvalue weighted by atomic mass is 16.4. The topological polar surface area (TPSA) is 58.0 Å². The number of benzene rings is 1. The molecule has 2 aromatic rings. The number of hydrogen-bond donors (Lipinski definition) is 2. The van der Waals surface area contributed by atoms with Gasteiger partial charge in [-0.3, -0.25) is 4.98 Å². The van der Waals surface area contributed by atoms with Gasteiger partial charge in [-0.1, -0.05) is 26.7 Å². The maximum absolute atomic E-state index is 11.2. The van der Waals surface area contributed by atoms with Gasteiger partial charge in [0.05, 0.1) is 5.52 Å². The molecule has 0 saturated heterocycles. The summed E-state index contributed by atoms with van der Waals surface area (Å²) >= 11 is 0. The van der Waals surface area contributed by atoms with Gasteiger partial charge in [-0.2, -0.15) is 0 Å². The maximum atomic E-state index is 11.2. The second-order valence-electron chi connectivity index (χ2n) is 6.16. The van der Waals surface area contributed by atoms with E-state index in [9.17, 15) is 4.79 Å². The molecule has 1 aliphatic carbocycles. The number of hydrogen-bond acceptors (Lipinski definition) is 3. The van der Waals surface area contributed by atoms with E-state index in [4.69, 9.17) is 4.42 Å². The molecule has 1 fully saturated rings. The fraction of sp³-hybridized carbons (Fsp3) is 0.533. The van der Waals surface area contributed by atoms with E-state index >= 15 is 0 Å². The van der Waals surface area contributed by atoms with Gasteiger partial charge >= 0.3 is 5.76 Å². The lowest BCUT2D eigenvalue weighted by molar-refractivity contribution is 0.217. The highest BCUT2D eigenvalue weighted by Gasteiger charge is 2.31. The van der Waals surface area contributed by atoms with Crippen LogP contribution in [0.25, 0.3) is 11.1 Å². The Morgan fingerprint density at radius 2 is 2.21 bits per heavy atom. The highest BCUT2D eigenvalue weighted by Crippen LogP contribution is 2.37. The van der Waals surface area contributed by atoms with Crippen LogP contribution in [0.2, 0.25) is 0 Å². The van der Waals surface area contributed by atoms with E-state index in [1.807, 2.05) is 18.2 Å². The number of anilines is 1. The van der Waals surface area contributed by atoms with Crippen LogP contribution in [0.5, 0.6) is 0 Å². The predicted molar refractivity (Wildman–Crippen MR) is 76.5 cm³/mol. The molecule has 0 aliphatic heterocycles. The van der Waals surface area contributed by atoms with E-state index in [2.05, 4.69) is 24.1 Å². The van der Waals surface area contributed by atoms with Crippen molar-refractivity contribution >= 4 is 16.8 Å². The van der Waals surface area contributed by atoms with Crippen LogP contribution in [0, 0.1) is 5.41 Å². The average molecular weight is 260 g/mol. The van der Waals surface area contributed by atoms with Crippen molar-refractivity contribution in [1.82, 2.24) is 4.98 Å². The molecular formula is C15H20N2O2. The van der Waals surface area contributed by atoms with Gasteiger partial charge in [-0.05, 0) is 36.5 Å². The molecule has 102 valence electrons. The predicted octanol–water partition coefficient (Wildman–Crippen LogP) is 3.50. The quantitative estimate of drug-likeness (QED) is 0.868. The third-order valence-corrected chi connectivity index (χ3v) is 4.27. The van der Waals surface area contributed by atoms with Crippen molar-refractivity contribution < 1.29 is 4.42 Å². The van der Waals surface area contributed by atoms with Gasteiger partial charge in [0.2, 0.25) is 0 Å². The van der Waals surface area contributed by atoms with Gasteiger partial charge in [0.25, 0.3) is 0 Å². The highest BCUT2D eigenvalue weighted by molar-refractivity contribution is 5.76. The number of nitrogens with one attached hydrogen (secondary N) is 2. The lowest BCUT2D eigenvalue weighted by Gasteiger charge is -2.39. The van der Waals surface area contributed by atoms with Gasteiger partial charge in [-0.15, -0.1) is 0 Å². The van der Waals surface area contributed by atoms with E-state index in [1.165, 1.54) is 25.7 Å². The van der Waals surface area contributed by atoms with Crippen molar-refractivity contribution in [2.45, 2.75) is 45.6 Å². The Bertz CT molecular complexity index is 639. The molecule has 1 aromatic carbocycles. The lowest BCUT2D eigenvalue weighted by atomic mass is 9.73. The van der Waals surface area contributed by atoms with E-state index < -0.39 is 5.76 Å². The summed E-state index contributed by atoms with van der Waals surface area (Å²) in [4.78, 5) is 13.8. The number of oxazole rings is 1. The first-order valence-corrected chi connectivity index (χ1v) is 6.94. The van der Waals surface area contributed by atoms with Crippen molar-refractivity contribution in [1.29, 1.82) is 0 Å². The molecule has 2 N–H and O–H groups in total. The number of aromatic amines is 1. The standard InChI is InChI=1S/C15H20N2O2/c1-15(2)8-4-3-5-13(15)16-10-6-7-12-11(9-10)17-14(18)19-12/h6-7,9,13,16H,3-5,8H2,1-2H3,(H,17,18). The summed E-state index contributed by atoms with van der Waals surface area (Å²) in [5, 5.41) is 3.61. The Balaban J connectivity index is 1.86. The molecule has 4 nitrogen and oxygen atoms in total. The number of aromatic nitrogens is 1. The van der Waals surface area contributed by atoms with Crippen LogP contribution < -0.4 is 11.1 Å². The average Bonchev–Trinajstić information content (AvgIpc) is 2.71. The van der Waals surface area contributed by atoms with Gasteiger partial charge in [0.15, 0.2) is 5.58 Å². The molecule has 1 unspecified atom stereocenters. The van der Waals surface area contributed by atoms with Gasteiger partial charge < -0.3 is 9.73 Å². The first kappa shape index (κ1) is 12.3. The van der Waals surface area contributed by atoms with E-state index in [0.717, 1.165) is 11.2 Å². The zero-order valence-corrected chi connectivity index (χ0v) is 11.5. The molecule has 0 bridgehead atoms. The van der Waals surface area contributed by atoms with Crippen molar-refractivity contribution in [2.75, 3.05) is 5.32 Å². The largest absolute Gasteiger partial charge is 0.417 e.